The second-order valence-corrected chi connectivity index (χ2v) is 4.19. The Balaban J connectivity index is 0.00000162. The summed E-state index contributed by atoms with van der Waals surface area (Å²) in [4.78, 5) is 13.5. The number of nitrogens with zero attached hydrogens (tertiary/aromatic N) is 1. The summed E-state index contributed by atoms with van der Waals surface area (Å²) in [7, 11) is 1.64. The number of nitrogens with one attached hydrogen (secondary N) is 1. The standard InChI is InChI=1S/C12H14F2N2O.ClH/c1-16(9-4-5-15-7-9)12(17)10-3-2-8(13)6-11(10)14;/h2-3,6,9,15H,4-5,7H2,1H3;1H/t9-;/m0./s1. The van der Waals surface area contributed by atoms with Gasteiger partial charge in [0.1, 0.15) is 11.6 Å². The Bertz CT molecular complexity index is 436. The van der Waals surface area contributed by atoms with E-state index < -0.39 is 17.5 Å². The molecule has 3 nitrogen and oxygen atoms in total. The minimum absolute atomic E-state index is 0. The number of hydrogen-bond donors (Lipinski definition) is 1. The van der Waals surface area contributed by atoms with Gasteiger partial charge < -0.3 is 10.2 Å². The molecule has 1 heterocycles. The summed E-state index contributed by atoms with van der Waals surface area (Å²) in [6.07, 6.45) is 0.852. The lowest BCUT2D eigenvalue weighted by Crippen LogP contribution is -2.38. The molecule has 0 bridgehead atoms. The van der Waals surface area contributed by atoms with E-state index in [1.807, 2.05) is 0 Å². The molecule has 2 rings (SSSR count). The van der Waals surface area contributed by atoms with E-state index in [2.05, 4.69) is 5.32 Å². The van der Waals surface area contributed by atoms with Crippen molar-refractivity contribution in [3.05, 3.63) is 35.4 Å². The average Bonchev–Trinajstić information content (AvgIpc) is 2.80. The molecule has 18 heavy (non-hydrogen) atoms. The van der Waals surface area contributed by atoms with E-state index in [4.69, 9.17) is 0 Å². The summed E-state index contributed by atoms with van der Waals surface area (Å²) < 4.78 is 26.2. The van der Waals surface area contributed by atoms with Crippen molar-refractivity contribution in [1.82, 2.24) is 10.2 Å². The third-order valence-corrected chi connectivity index (χ3v) is 3.06. The van der Waals surface area contributed by atoms with Crippen LogP contribution in [0.2, 0.25) is 0 Å². The second-order valence-electron chi connectivity index (χ2n) is 4.19. The van der Waals surface area contributed by atoms with Crippen molar-refractivity contribution in [3.63, 3.8) is 0 Å². The van der Waals surface area contributed by atoms with Gasteiger partial charge in [0.25, 0.3) is 5.91 Å². The van der Waals surface area contributed by atoms with Crippen LogP contribution in [-0.4, -0.2) is 37.0 Å². The zero-order valence-corrected chi connectivity index (χ0v) is 10.8. The van der Waals surface area contributed by atoms with Gasteiger partial charge in [0.2, 0.25) is 0 Å². The van der Waals surface area contributed by atoms with Crippen molar-refractivity contribution in [1.29, 1.82) is 0 Å². The van der Waals surface area contributed by atoms with E-state index >= 15 is 0 Å². The summed E-state index contributed by atoms with van der Waals surface area (Å²) in [5, 5.41) is 3.14. The van der Waals surface area contributed by atoms with Gasteiger partial charge in [0.05, 0.1) is 5.56 Å². The Morgan fingerprint density at radius 1 is 1.44 bits per heavy atom. The van der Waals surface area contributed by atoms with Crippen LogP contribution in [-0.2, 0) is 0 Å². The summed E-state index contributed by atoms with van der Waals surface area (Å²) in [6, 6.07) is 3.09. The van der Waals surface area contributed by atoms with Gasteiger partial charge in [-0.25, -0.2) is 8.78 Å². The quantitative estimate of drug-likeness (QED) is 0.894. The van der Waals surface area contributed by atoms with Gasteiger partial charge in [-0.15, -0.1) is 12.4 Å². The summed E-state index contributed by atoms with van der Waals surface area (Å²) in [6.45, 7) is 1.57. The van der Waals surface area contributed by atoms with Crippen molar-refractivity contribution in [2.45, 2.75) is 12.5 Å². The number of hydrogen-bond acceptors (Lipinski definition) is 2. The number of likely N-dealkylation sites (N-methyl/N-ethyl adjacent to an activating group) is 1. The monoisotopic (exact) mass is 276 g/mol. The highest BCUT2D eigenvalue weighted by Crippen LogP contribution is 2.15. The number of carbonyl (C=O) groups excluding carboxylic acids is 1. The number of carbonyl (C=O) groups is 1. The van der Waals surface area contributed by atoms with Gasteiger partial charge in [-0.05, 0) is 25.1 Å². The normalized spacial score (nSPS) is 18.3. The third-order valence-electron chi connectivity index (χ3n) is 3.06. The Morgan fingerprint density at radius 2 is 2.17 bits per heavy atom. The zero-order chi connectivity index (χ0) is 12.4. The fourth-order valence-corrected chi connectivity index (χ4v) is 1.99. The second kappa shape index (κ2) is 6.11. The van der Waals surface area contributed by atoms with Gasteiger partial charge in [-0.2, -0.15) is 0 Å². The molecule has 0 unspecified atom stereocenters. The first-order valence-electron chi connectivity index (χ1n) is 5.52. The molecule has 6 heteroatoms. The predicted molar refractivity (Wildman–Crippen MR) is 67.0 cm³/mol. The van der Waals surface area contributed by atoms with Crippen LogP contribution in [0.5, 0.6) is 0 Å². The van der Waals surface area contributed by atoms with Gasteiger partial charge in [-0.1, -0.05) is 0 Å². The Morgan fingerprint density at radius 3 is 2.72 bits per heavy atom. The molecular weight excluding hydrogens is 262 g/mol. The largest absolute Gasteiger partial charge is 0.337 e. The maximum Gasteiger partial charge on any atom is 0.256 e. The highest BCUT2D eigenvalue weighted by atomic mass is 35.5. The molecule has 0 radical (unpaired) electrons. The molecule has 1 aromatic rings. The number of halogens is 3. The van der Waals surface area contributed by atoms with E-state index in [0.29, 0.717) is 6.54 Å². The fraction of sp³-hybridized carbons (Fsp3) is 0.417. The Kier molecular flexibility index (Phi) is 5.04. The first kappa shape index (κ1) is 14.9. The number of benzene rings is 1. The van der Waals surface area contributed by atoms with E-state index in [1.165, 1.54) is 11.0 Å². The molecule has 1 amide bonds. The molecule has 1 atom stereocenters. The van der Waals surface area contributed by atoms with Gasteiger partial charge in [0, 0.05) is 25.7 Å². The lowest BCUT2D eigenvalue weighted by molar-refractivity contribution is 0.0739. The first-order valence-corrected chi connectivity index (χ1v) is 5.52. The van der Waals surface area contributed by atoms with Crippen molar-refractivity contribution < 1.29 is 13.6 Å². The number of amides is 1. The molecule has 1 N–H and O–H groups in total. The van der Waals surface area contributed by atoms with Gasteiger partial charge in [0.15, 0.2) is 0 Å². The minimum Gasteiger partial charge on any atom is -0.337 e. The van der Waals surface area contributed by atoms with E-state index in [1.54, 1.807) is 7.05 Å². The van der Waals surface area contributed by atoms with E-state index in [0.717, 1.165) is 25.1 Å². The summed E-state index contributed by atoms with van der Waals surface area (Å²) in [5.41, 5.74) is -0.0826. The molecule has 1 aliphatic rings. The third kappa shape index (κ3) is 2.97. The highest BCUT2D eigenvalue weighted by Gasteiger charge is 2.25. The molecule has 1 saturated heterocycles. The van der Waals surface area contributed by atoms with Crippen LogP contribution < -0.4 is 5.32 Å². The van der Waals surface area contributed by atoms with Crippen LogP contribution in [0.15, 0.2) is 18.2 Å². The van der Waals surface area contributed by atoms with Crippen LogP contribution in [0.25, 0.3) is 0 Å². The molecule has 1 aromatic carbocycles. The van der Waals surface area contributed by atoms with Crippen LogP contribution in [0.3, 0.4) is 0 Å². The minimum atomic E-state index is -0.812. The molecular formula is C12H15ClF2N2O. The molecule has 1 fully saturated rings. The average molecular weight is 277 g/mol. The van der Waals surface area contributed by atoms with Crippen LogP contribution >= 0.6 is 12.4 Å². The maximum absolute atomic E-state index is 13.4. The van der Waals surface area contributed by atoms with Crippen molar-refractivity contribution in [2.24, 2.45) is 0 Å². The summed E-state index contributed by atoms with van der Waals surface area (Å²) >= 11 is 0. The first-order chi connectivity index (χ1) is 8.09. The highest BCUT2D eigenvalue weighted by molar-refractivity contribution is 5.94. The predicted octanol–water partition coefficient (Wildman–Crippen LogP) is 1.82. The van der Waals surface area contributed by atoms with Crippen LogP contribution in [0.1, 0.15) is 16.8 Å². The Labute approximate surface area is 111 Å². The maximum atomic E-state index is 13.4. The molecule has 1 aliphatic heterocycles. The number of rotatable bonds is 2. The zero-order valence-electron chi connectivity index (χ0n) is 9.95. The lowest BCUT2D eigenvalue weighted by Gasteiger charge is -2.23. The van der Waals surface area contributed by atoms with Gasteiger partial charge >= 0.3 is 0 Å². The van der Waals surface area contributed by atoms with Crippen LogP contribution in [0.4, 0.5) is 8.78 Å². The molecule has 0 saturated carbocycles. The van der Waals surface area contributed by atoms with E-state index in [9.17, 15) is 13.6 Å². The topological polar surface area (TPSA) is 32.3 Å². The smallest absolute Gasteiger partial charge is 0.256 e. The lowest BCUT2D eigenvalue weighted by atomic mass is 10.1. The van der Waals surface area contributed by atoms with Gasteiger partial charge in [-0.3, -0.25) is 4.79 Å². The van der Waals surface area contributed by atoms with Crippen LogP contribution in [0, 0.1) is 11.6 Å². The van der Waals surface area contributed by atoms with E-state index in [-0.39, 0.29) is 24.0 Å². The van der Waals surface area contributed by atoms with Crippen molar-refractivity contribution in [2.75, 3.05) is 20.1 Å². The summed E-state index contributed by atoms with van der Waals surface area (Å²) in [5.74, 6) is -1.90. The molecule has 0 spiro atoms. The van der Waals surface area contributed by atoms with Crippen molar-refractivity contribution in [3.8, 4) is 0 Å². The SMILES string of the molecule is CN(C(=O)c1ccc(F)cc1F)[C@H]1CCNC1.Cl. The van der Waals surface area contributed by atoms with Crippen molar-refractivity contribution >= 4 is 18.3 Å². The molecule has 100 valence electrons. The Hall–Kier alpha value is -1.20. The molecule has 0 aromatic heterocycles. The molecule has 0 aliphatic carbocycles. The fourth-order valence-electron chi connectivity index (χ4n) is 1.99.